The van der Waals surface area contributed by atoms with Crippen LogP contribution in [0.3, 0.4) is 0 Å². The molecular formula is C12H27N. The van der Waals surface area contributed by atoms with Gasteiger partial charge in [-0.3, -0.25) is 0 Å². The van der Waals surface area contributed by atoms with Crippen LogP contribution in [-0.4, -0.2) is 12.6 Å². The number of hydrogen-bond donors (Lipinski definition) is 1. The second kappa shape index (κ2) is 8.55. The molecule has 13 heavy (non-hydrogen) atoms. The van der Waals surface area contributed by atoms with Crippen LogP contribution in [0.4, 0.5) is 0 Å². The SMILES string of the molecule is CC.CCCC1CCCNC1CC. The van der Waals surface area contributed by atoms with Crippen molar-refractivity contribution < 1.29 is 0 Å². The molecule has 1 nitrogen and oxygen atoms in total. The molecule has 1 heterocycles. The monoisotopic (exact) mass is 185 g/mol. The Hall–Kier alpha value is -0.0400. The lowest BCUT2D eigenvalue weighted by Gasteiger charge is -2.31. The molecule has 1 saturated heterocycles. The highest BCUT2D eigenvalue weighted by atomic mass is 14.9. The lowest BCUT2D eigenvalue weighted by atomic mass is 9.86. The van der Waals surface area contributed by atoms with Crippen LogP contribution < -0.4 is 5.32 Å². The zero-order valence-corrected chi connectivity index (χ0v) is 9.90. The van der Waals surface area contributed by atoms with Crippen LogP contribution in [0.5, 0.6) is 0 Å². The van der Waals surface area contributed by atoms with Gasteiger partial charge in [-0.1, -0.05) is 34.1 Å². The third-order valence-electron chi connectivity index (χ3n) is 2.83. The van der Waals surface area contributed by atoms with Crippen LogP contribution in [0.25, 0.3) is 0 Å². The first-order valence-electron chi connectivity index (χ1n) is 6.11. The second-order valence-corrected chi connectivity index (χ2v) is 3.66. The lowest BCUT2D eigenvalue weighted by molar-refractivity contribution is 0.258. The fraction of sp³-hybridized carbons (Fsp3) is 1.00. The zero-order valence-electron chi connectivity index (χ0n) is 9.90. The first-order chi connectivity index (χ1) is 6.38. The largest absolute Gasteiger partial charge is 0.314 e. The van der Waals surface area contributed by atoms with Crippen molar-refractivity contribution in [2.45, 2.75) is 65.8 Å². The molecule has 1 fully saturated rings. The predicted octanol–water partition coefficient (Wildman–Crippen LogP) is 3.59. The summed E-state index contributed by atoms with van der Waals surface area (Å²) in [5, 5.41) is 3.60. The van der Waals surface area contributed by atoms with Gasteiger partial charge in [0, 0.05) is 6.04 Å². The minimum absolute atomic E-state index is 0.823. The minimum Gasteiger partial charge on any atom is -0.314 e. The Morgan fingerprint density at radius 3 is 2.46 bits per heavy atom. The van der Waals surface area contributed by atoms with Gasteiger partial charge in [0.25, 0.3) is 0 Å². The molecule has 0 saturated carbocycles. The molecule has 2 atom stereocenters. The molecule has 1 N–H and O–H groups in total. The van der Waals surface area contributed by atoms with E-state index in [1.807, 2.05) is 13.8 Å². The Labute approximate surface area is 84.3 Å². The van der Waals surface area contributed by atoms with Gasteiger partial charge in [-0.2, -0.15) is 0 Å². The summed E-state index contributed by atoms with van der Waals surface area (Å²) in [6.45, 7) is 9.84. The smallest absolute Gasteiger partial charge is 0.00927 e. The van der Waals surface area contributed by atoms with Gasteiger partial charge in [-0.25, -0.2) is 0 Å². The average molecular weight is 185 g/mol. The van der Waals surface area contributed by atoms with Crippen LogP contribution >= 0.6 is 0 Å². The van der Waals surface area contributed by atoms with Gasteiger partial charge in [0.2, 0.25) is 0 Å². The van der Waals surface area contributed by atoms with Crippen molar-refractivity contribution in [3.63, 3.8) is 0 Å². The van der Waals surface area contributed by atoms with Crippen LogP contribution in [0.15, 0.2) is 0 Å². The summed E-state index contributed by atoms with van der Waals surface area (Å²) >= 11 is 0. The molecule has 0 amide bonds. The first-order valence-corrected chi connectivity index (χ1v) is 6.11. The third-order valence-corrected chi connectivity index (χ3v) is 2.83. The van der Waals surface area contributed by atoms with E-state index in [-0.39, 0.29) is 0 Å². The third kappa shape index (κ3) is 4.66. The van der Waals surface area contributed by atoms with Crippen molar-refractivity contribution >= 4 is 0 Å². The summed E-state index contributed by atoms with van der Waals surface area (Å²) in [5.41, 5.74) is 0. The summed E-state index contributed by atoms with van der Waals surface area (Å²) in [6.07, 6.45) is 6.93. The van der Waals surface area contributed by atoms with Crippen LogP contribution in [0, 0.1) is 5.92 Å². The Morgan fingerprint density at radius 1 is 1.23 bits per heavy atom. The zero-order chi connectivity index (χ0) is 10.1. The molecule has 1 heteroatoms. The van der Waals surface area contributed by atoms with Crippen molar-refractivity contribution in [1.29, 1.82) is 0 Å². The molecule has 0 aromatic carbocycles. The van der Waals surface area contributed by atoms with Crippen molar-refractivity contribution in [3.05, 3.63) is 0 Å². The number of rotatable bonds is 3. The van der Waals surface area contributed by atoms with Crippen molar-refractivity contribution in [1.82, 2.24) is 5.32 Å². The van der Waals surface area contributed by atoms with Crippen LogP contribution in [0.2, 0.25) is 0 Å². The highest BCUT2D eigenvalue weighted by molar-refractivity contribution is 4.79. The van der Waals surface area contributed by atoms with E-state index in [1.165, 1.54) is 38.6 Å². The molecule has 2 unspecified atom stereocenters. The molecule has 1 rings (SSSR count). The quantitative estimate of drug-likeness (QED) is 0.708. The Morgan fingerprint density at radius 2 is 1.92 bits per heavy atom. The molecule has 0 aromatic rings. The summed E-state index contributed by atoms with van der Waals surface area (Å²) in [5.74, 6) is 0.971. The Balaban J connectivity index is 0.000000671. The van der Waals surface area contributed by atoms with Crippen LogP contribution in [-0.2, 0) is 0 Å². The molecule has 1 aliphatic rings. The maximum Gasteiger partial charge on any atom is 0.00927 e. The van der Waals surface area contributed by atoms with Gasteiger partial charge in [0.05, 0.1) is 0 Å². The maximum atomic E-state index is 3.60. The van der Waals surface area contributed by atoms with Gasteiger partial charge >= 0.3 is 0 Å². The standard InChI is InChI=1S/C10H21N.C2H6/c1-3-6-9-7-5-8-11-10(9)4-2;1-2/h9-11H,3-8H2,1-2H3;1-2H3. The van der Waals surface area contributed by atoms with E-state index in [2.05, 4.69) is 19.2 Å². The molecule has 0 bridgehead atoms. The summed E-state index contributed by atoms with van der Waals surface area (Å²) < 4.78 is 0. The molecular weight excluding hydrogens is 158 g/mol. The Bertz CT molecular complexity index is 99.3. The molecule has 1 aliphatic heterocycles. The highest BCUT2D eigenvalue weighted by Crippen LogP contribution is 2.22. The van der Waals surface area contributed by atoms with Crippen molar-refractivity contribution in [3.8, 4) is 0 Å². The van der Waals surface area contributed by atoms with Crippen molar-refractivity contribution in [2.75, 3.05) is 6.54 Å². The maximum absolute atomic E-state index is 3.60. The van der Waals surface area contributed by atoms with E-state index in [0.29, 0.717) is 0 Å². The second-order valence-electron chi connectivity index (χ2n) is 3.66. The topological polar surface area (TPSA) is 12.0 Å². The van der Waals surface area contributed by atoms with E-state index in [4.69, 9.17) is 0 Å². The van der Waals surface area contributed by atoms with E-state index in [9.17, 15) is 0 Å². The van der Waals surface area contributed by atoms with E-state index < -0.39 is 0 Å². The molecule has 0 aromatic heterocycles. The van der Waals surface area contributed by atoms with Crippen LogP contribution in [0.1, 0.15) is 59.8 Å². The fourth-order valence-corrected chi connectivity index (χ4v) is 2.21. The molecule has 0 spiro atoms. The average Bonchev–Trinajstić information content (AvgIpc) is 2.22. The summed E-state index contributed by atoms with van der Waals surface area (Å²) in [4.78, 5) is 0. The highest BCUT2D eigenvalue weighted by Gasteiger charge is 2.21. The van der Waals surface area contributed by atoms with Gasteiger partial charge in [-0.15, -0.1) is 0 Å². The van der Waals surface area contributed by atoms with Crippen molar-refractivity contribution in [2.24, 2.45) is 5.92 Å². The van der Waals surface area contributed by atoms with Gasteiger partial charge in [-0.05, 0) is 38.1 Å². The summed E-state index contributed by atoms with van der Waals surface area (Å²) in [6, 6.07) is 0.823. The van der Waals surface area contributed by atoms with Gasteiger partial charge in [0.15, 0.2) is 0 Å². The van der Waals surface area contributed by atoms with E-state index in [0.717, 1.165) is 12.0 Å². The number of hydrogen-bond acceptors (Lipinski definition) is 1. The predicted molar refractivity (Wildman–Crippen MR) is 61.1 cm³/mol. The molecule has 0 radical (unpaired) electrons. The van der Waals surface area contributed by atoms with E-state index >= 15 is 0 Å². The number of piperidine rings is 1. The van der Waals surface area contributed by atoms with Gasteiger partial charge in [0.1, 0.15) is 0 Å². The molecule has 80 valence electrons. The minimum atomic E-state index is 0.823. The normalized spacial score (nSPS) is 27.7. The fourth-order valence-electron chi connectivity index (χ4n) is 2.21. The van der Waals surface area contributed by atoms with Gasteiger partial charge < -0.3 is 5.32 Å². The number of nitrogens with one attached hydrogen (secondary N) is 1. The Kier molecular flexibility index (Phi) is 8.53. The molecule has 0 aliphatic carbocycles. The lowest BCUT2D eigenvalue weighted by Crippen LogP contribution is -2.40. The summed E-state index contributed by atoms with van der Waals surface area (Å²) in [7, 11) is 0. The first kappa shape index (κ1) is 13.0. The van der Waals surface area contributed by atoms with E-state index in [1.54, 1.807) is 0 Å².